The molecular formula is C5H12NNaO2S2. The van der Waals surface area contributed by atoms with Gasteiger partial charge in [-0.05, 0) is 11.8 Å². The first-order valence-corrected chi connectivity index (χ1v) is 3.85. The molecule has 11 heavy (non-hydrogen) atoms. The summed E-state index contributed by atoms with van der Waals surface area (Å²) >= 11 is 5.82. The van der Waals surface area contributed by atoms with Crippen molar-refractivity contribution in [2.24, 2.45) is 5.73 Å². The third kappa shape index (κ3) is 6.33. The van der Waals surface area contributed by atoms with Crippen LogP contribution in [0.15, 0.2) is 0 Å². The number of methoxy groups -OCH3 is 2. The van der Waals surface area contributed by atoms with Crippen molar-refractivity contribution in [1.82, 2.24) is 0 Å². The fourth-order valence-corrected chi connectivity index (χ4v) is 1.34. The van der Waals surface area contributed by atoms with Crippen LogP contribution < -0.4 is 35.3 Å². The van der Waals surface area contributed by atoms with Gasteiger partial charge in [0.15, 0.2) is 0 Å². The molecule has 0 unspecified atom stereocenters. The second kappa shape index (κ2) is 6.65. The van der Waals surface area contributed by atoms with Gasteiger partial charge >= 0.3 is 29.6 Å². The molecule has 0 aliphatic carbocycles. The Bertz CT molecular complexity index is 135. The maximum atomic E-state index is 5.26. The summed E-state index contributed by atoms with van der Waals surface area (Å²) in [6.07, 6.45) is 0. The molecule has 3 nitrogen and oxygen atoms in total. The van der Waals surface area contributed by atoms with Crippen LogP contribution in [0.1, 0.15) is 8.35 Å². The zero-order valence-corrected chi connectivity index (χ0v) is 10.8. The molecule has 0 fully saturated rings. The first-order chi connectivity index (χ1) is 4.54. The molecule has 0 atom stereocenters. The molecule has 0 aliphatic heterocycles. The van der Waals surface area contributed by atoms with Crippen LogP contribution in [0, 0.1) is 0 Å². The van der Waals surface area contributed by atoms with Gasteiger partial charge in [0, 0.05) is 21.1 Å². The Morgan fingerprint density at radius 1 is 1.55 bits per heavy atom. The van der Waals surface area contributed by atoms with E-state index in [2.05, 4.69) is 12.2 Å². The Hall–Kier alpha value is 1.16. The van der Waals surface area contributed by atoms with Crippen LogP contribution in [-0.2, 0) is 9.47 Å². The normalized spacial score (nSPS) is 10.5. The second-order valence-electron chi connectivity index (χ2n) is 1.69. The van der Waals surface area contributed by atoms with E-state index in [1.165, 1.54) is 26.0 Å². The standard InChI is InChI=1S/C5H11NO2S2.Na.H/c1-5(7-2,8-3)10-4(6)9;;/h1-3H3,(H2,6,9);;/q;+1;-1. The summed E-state index contributed by atoms with van der Waals surface area (Å²) in [6, 6.07) is 0. The summed E-state index contributed by atoms with van der Waals surface area (Å²) in [5.41, 5.74) is 5.26. The molecule has 0 radical (unpaired) electrons. The SMILES string of the molecule is COC(C)(OC)SC(N)=S.[H-].[Na+]. The summed E-state index contributed by atoms with van der Waals surface area (Å²) in [5.74, 6) is 0. The van der Waals surface area contributed by atoms with Crippen LogP contribution in [0.4, 0.5) is 0 Å². The molecule has 62 valence electrons. The summed E-state index contributed by atoms with van der Waals surface area (Å²) in [5, 5.41) is -0.744. The zero-order valence-electron chi connectivity index (χ0n) is 8.21. The molecule has 0 rings (SSSR count). The number of thioether (sulfide) groups is 1. The molecule has 0 aromatic heterocycles. The third-order valence-electron chi connectivity index (χ3n) is 1.03. The van der Waals surface area contributed by atoms with Gasteiger partial charge in [-0.3, -0.25) is 0 Å². The molecule has 0 aromatic rings. The molecular weight excluding hydrogens is 193 g/mol. The predicted octanol–water partition coefficient (Wildman–Crippen LogP) is -1.95. The van der Waals surface area contributed by atoms with Crippen LogP contribution >= 0.6 is 24.0 Å². The van der Waals surface area contributed by atoms with Gasteiger partial charge < -0.3 is 16.6 Å². The van der Waals surface area contributed by atoms with E-state index in [0.717, 1.165) is 0 Å². The Kier molecular flexibility index (Phi) is 8.87. The quantitative estimate of drug-likeness (QED) is 0.329. The molecule has 0 spiro atoms. The maximum Gasteiger partial charge on any atom is 1.00 e. The summed E-state index contributed by atoms with van der Waals surface area (Å²) in [7, 11) is 3.07. The van der Waals surface area contributed by atoms with Crippen molar-refractivity contribution in [3.8, 4) is 0 Å². The zero-order chi connectivity index (χ0) is 8.20. The fourth-order valence-electron chi connectivity index (χ4n) is 0.349. The van der Waals surface area contributed by atoms with Crippen LogP contribution in [0.3, 0.4) is 0 Å². The minimum atomic E-state index is -0.744. The van der Waals surface area contributed by atoms with Crippen LogP contribution in [-0.4, -0.2) is 23.7 Å². The molecule has 0 heterocycles. The van der Waals surface area contributed by atoms with Crippen molar-refractivity contribution in [2.45, 2.75) is 12.0 Å². The number of thiocarbonyl (C=S) groups is 1. The van der Waals surface area contributed by atoms with E-state index < -0.39 is 5.12 Å². The Morgan fingerprint density at radius 2 is 1.91 bits per heavy atom. The third-order valence-corrected chi connectivity index (χ3v) is 2.18. The van der Waals surface area contributed by atoms with Crippen LogP contribution in [0.25, 0.3) is 0 Å². The topological polar surface area (TPSA) is 44.5 Å². The Balaban J connectivity index is -0.000000405. The molecule has 6 heteroatoms. The van der Waals surface area contributed by atoms with E-state index in [1.807, 2.05) is 0 Å². The largest absolute Gasteiger partial charge is 1.00 e. The average Bonchev–Trinajstić information content (AvgIpc) is 1.87. The van der Waals surface area contributed by atoms with E-state index in [0.29, 0.717) is 4.32 Å². The van der Waals surface area contributed by atoms with Crippen molar-refractivity contribution in [3.63, 3.8) is 0 Å². The number of nitrogens with two attached hydrogens (primary N) is 1. The van der Waals surface area contributed by atoms with Crippen LogP contribution in [0.2, 0.25) is 0 Å². The molecule has 0 saturated carbocycles. The van der Waals surface area contributed by atoms with Gasteiger partial charge in [0.2, 0.25) is 5.12 Å². The molecule has 2 N–H and O–H groups in total. The number of rotatable bonds is 3. The summed E-state index contributed by atoms with van der Waals surface area (Å²) < 4.78 is 10.3. The van der Waals surface area contributed by atoms with Gasteiger partial charge in [-0.1, -0.05) is 12.2 Å². The predicted molar refractivity (Wildman–Crippen MR) is 47.9 cm³/mol. The average molecular weight is 205 g/mol. The van der Waals surface area contributed by atoms with Gasteiger partial charge in [0.25, 0.3) is 0 Å². The van der Waals surface area contributed by atoms with E-state index >= 15 is 0 Å². The Labute approximate surface area is 100 Å². The van der Waals surface area contributed by atoms with Gasteiger partial charge in [-0.25, -0.2) is 0 Å². The minimum absolute atomic E-state index is 0. The molecule has 0 saturated heterocycles. The van der Waals surface area contributed by atoms with Gasteiger partial charge in [0.1, 0.15) is 4.32 Å². The molecule has 0 aromatic carbocycles. The van der Waals surface area contributed by atoms with Crippen molar-refractivity contribution in [1.29, 1.82) is 0 Å². The van der Waals surface area contributed by atoms with Gasteiger partial charge in [-0.15, -0.1) is 0 Å². The number of hydrogen-bond acceptors (Lipinski definition) is 4. The first-order valence-electron chi connectivity index (χ1n) is 2.63. The summed E-state index contributed by atoms with van der Waals surface area (Å²) in [6.45, 7) is 1.75. The smallest absolute Gasteiger partial charge is 1.00 e. The summed E-state index contributed by atoms with van der Waals surface area (Å²) in [4.78, 5) is 0. The van der Waals surface area contributed by atoms with Crippen molar-refractivity contribution in [3.05, 3.63) is 0 Å². The first kappa shape index (κ1) is 14.7. The van der Waals surface area contributed by atoms with E-state index in [-0.39, 0.29) is 31.0 Å². The number of ether oxygens (including phenoxy) is 2. The molecule has 0 amide bonds. The number of hydrogen-bond donors (Lipinski definition) is 1. The van der Waals surface area contributed by atoms with Crippen LogP contribution in [0.5, 0.6) is 0 Å². The van der Waals surface area contributed by atoms with Crippen molar-refractivity contribution >= 4 is 28.3 Å². The van der Waals surface area contributed by atoms with E-state index in [9.17, 15) is 0 Å². The maximum absolute atomic E-state index is 5.26. The second-order valence-corrected chi connectivity index (χ2v) is 3.78. The minimum Gasteiger partial charge on any atom is -1.00 e. The van der Waals surface area contributed by atoms with E-state index in [4.69, 9.17) is 15.2 Å². The van der Waals surface area contributed by atoms with Crippen molar-refractivity contribution in [2.75, 3.05) is 14.2 Å². The van der Waals surface area contributed by atoms with E-state index in [1.54, 1.807) is 6.92 Å². The van der Waals surface area contributed by atoms with Gasteiger partial charge in [-0.2, -0.15) is 0 Å². The van der Waals surface area contributed by atoms with Gasteiger partial charge in [0.05, 0.1) is 0 Å². The van der Waals surface area contributed by atoms with Crippen molar-refractivity contribution < 1.29 is 40.5 Å². The Morgan fingerprint density at radius 3 is 2.00 bits per heavy atom. The monoisotopic (exact) mass is 205 g/mol. The molecule has 0 aliphatic rings. The fraction of sp³-hybridized carbons (Fsp3) is 0.800. The molecule has 0 bridgehead atoms.